The van der Waals surface area contributed by atoms with Crippen LogP contribution in [0.2, 0.25) is 10.0 Å². The molecule has 0 saturated carbocycles. The van der Waals surface area contributed by atoms with Gasteiger partial charge in [-0.2, -0.15) is 0 Å². The largest absolute Gasteiger partial charge is 0.369 e. The Balaban J connectivity index is 1.78. The zero-order valence-corrected chi connectivity index (χ0v) is 18.9. The molecule has 8 heteroatoms. The SMILES string of the molecule is CC(C)[C@H](Cc1nc(CNC(=O)Cc2ccc(Cl)c(Cl)c2)nc2ccccc12)C(N)=O. The number of para-hydroxylation sites is 1. The van der Waals surface area contributed by atoms with Gasteiger partial charge in [-0.3, -0.25) is 9.59 Å². The summed E-state index contributed by atoms with van der Waals surface area (Å²) in [7, 11) is 0. The van der Waals surface area contributed by atoms with E-state index in [1.165, 1.54) is 0 Å². The van der Waals surface area contributed by atoms with E-state index in [0.717, 1.165) is 22.2 Å². The number of nitrogens with two attached hydrogens (primary N) is 1. The van der Waals surface area contributed by atoms with Crippen LogP contribution in [0.5, 0.6) is 0 Å². The van der Waals surface area contributed by atoms with Gasteiger partial charge in [0.25, 0.3) is 0 Å². The Morgan fingerprint density at radius 1 is 1.06 bits per heavy atom. The number of carbonyl (C=O) groups is 2. The maximum atomic E-state index is 12.4. The molecule has 0 bridgehead atoms. The molecular formula is C23H24Cl2N4O2. The molecule has 1 heterocycles. The molecule has 3 N–H and O–H groups in total. The number of nitrogens with one attached hydrogen (secondary N) is 1. The summed E-state index contributed by atoms with van der Waals surface area (Å²) < 4.78 is 0. The number of primary amides is 1. The van der Waals surface area contributed by atoms with E-state index in [1.807, 2.05) is 38.1 Å². The standard InChI is InChI=1S/C23H24Cl2N4O2/c1-13(2)16(23(26)31)11-20-15-5-3-4-6-19(15)28-21(29-20)12-27-22(30)10-14-7-8-17(24)18(25)9-14/h3-9,13,16H,10-12H2,1-2H3,(H2,26,31)(H,27,30)/t16-/m0/s1. The van der Waals surface area contributed by atoms with Crippen LogP contribution in [-0.2, 0) is 29.0 Å². The number of fused-ring (bicyclic) bond motifs is 1. The lowest BCUT2D eigenvalue weighted by atomic mass is 9.89. The van der Waals surface area contributed by atoms with Gasteiger partial charge in [0, 0.05) is 17.7 Å². The molecule has 3 aromatic rings. The molecule has 31 heavy (non-hydrogen) atoms. The van der Waals surface area contributed by atoms with Crippen molar-refractivity contribution in [3.63, 3.8) is 0 Å². The minimum Gasteiger partial charge on any atom is -0.369 e. The highest BCUT2D eigenvalue weighted by molar-refractivity contribution is 6.42. The molecule has 2 aromatic carbocycles. The van der Waals surface area contributed by atoms with Gasteiger partial charge in [0.1, 0.15) is 5.82 Å². The minimum absolute atomic E-state index is 0.0839. The van der Waals surface area contributed by atoms with E-state index in [4.69, 9.17) is 28.9 Å². The summed E-state index contributed by atoms with van der Waals surface area (Å²) in [5.74, 6) is -0.317. The Morgan fingerprint density at radius 2 is 1.81 bits per heavy atom. The Kier molecular flexibility index (Phi) is 7.46. The van der Waals surface area contributed by atoms with Gasteiger partial charge in [0.2, 0.25) is 11.8 Å². The van der Waals surface area contributed by atoms with Crippen molar-refractivity contribution < 1.29 is 9.59 Å². The van der Waals surface area contributed by atoms with Crippen molar-refractivity contribution >= 4 is 45.9 Å². The van der Waals surface area contributed by atoms with E-state index >= 15 is 0 Å². The van der Waals surface area contributed by atoms with Gasteiger partial charge < -0.3 is 11.1 Å². The summed E-state index contributed by atoms with van der Waals surface area (Å²) in [6, 6.07) is 12.7. The van der Waals surface area contributed by atoms with Gasteiger partial charge in [-0.15, -0.1) is 0 Å². The molecule has 0 aliphatic rings. The predicted octanol–water partition coefficient (Wildman–Crippen LogP) is 4.10. The topological polar surface area (TPSA) is 98.0 Å². The fraction of sp³-hybridized carbons (Fsp3) is 0.304. The third-order valence-corrected chi connectivity index (χ3v) is 5.84. The summed E-state index contributed by atoms with van der Waals surface area (Å²) in [6.07, 6.45) is 0.578. The van der Waals surface area contributed by atoms with E-state index in [2.05, 4.69) is 15.3 Å². The second-order valence-corrected chi connectivity index (χ2v) is 8.58. The fourth-order valence-electron chi connectivity index (χ4n) is 3.38. The Labute approximate surface area is 191 Å². The molecule has 0 spiro atoms. The summed E-state index contributed by atoms with van der Waals surface area (Å²) in [5, 5.41) is 4.57. The van der Waals surface area contributed by atoms with Crippen LogP contribution < -0.4 is 11.1 Å². The van der Waals surface area contributed by atoms with Crippen molar-refractivity contribution in [3.8, 4) is 0 Å². The highest BCUT2D eigenvalue weighted by atomic mass is 35.5. The van der Waals surface area contributed by atoms with Crippen LogP contribution in [0.1, 0.15) is 30.9 Å². The number of carbonyl (C=O) groups excluding carboxylic acids is 2. The van der Waals surface area contributed by atoms with Crippen molar-refractivity contribution in [1.82, 2.24) is 15.3 Å². The Bertz CT molecular complexity index is 1120. The number of rotatable bonds is 8. The number of nitrogens with zero attached hydrogens (tertiary/aromatic N) is 2. The quantitative estimate of drug-likeness (QED) is 0.530. The van der Waals surface area contributed by atoms with E-state index in [9.17, 15) is 9.59 Å². The third kappa shape index (κ3) is 5.93. The molecule has 0 unspecified atom stereocenters. The van der Waals surface area contributed by atoms with Gasteiger partial charge in [-0.1, -0.05) is 61.3 Å². The van der Waals surface area contributed by atoms with Crippen molar-refractivity contribution in [2.45, 2.75) is 33.2 Å². The van der Waals surface area contributed by atoms with Gasteiger partial charge in [-0.25, -0.2) is 9.97 Å². The maximum absolute atomic E-state index is 12.4. The number of amides is 2. The summed E-state index contributed by atoms with van der Waals surface area (Å²) in [4.78, 5) is 33.5. The van der Waals surface area contributed by atoms with Crippen molar-refractivity contribution in [2.24, 2.45) is 17.6 Å². The van der Waals surface area contributed by atoms with E-state index in [-0.39, 0.29) is 36.6 Å². The van der Waals surface area contributed by atoms with Gasteiger partial charge in [-0.05, 0) is 29.7 Å². The molecular weight excluding hydrogens is 435 g/mol. The third-order valence-electron chi connectivity index (χ3n) is 5.10. The first-order chi connectivity index (χ1) is 14.7. The first-order valence-corrected chi connectivity index (χ1v) is 10.7. The lowest BCUT2D eigenvalue weighted by Gasteiger charge is -2.18. The fourth-order valence-corrected chi connectivity index (χ4v) is 3.70. The van der Waals surface area contributed by atoms with Crippen LogP contribution in [-0.4, -0.2) is 21.8 Å². The molecule has 2 amide bonds. The normalized spacial score (nSPS) is 12.2. The molecule has 1 atom stereocenters. The average molecular weight is 459 g/mol. The molecule has 162 valence electrons. The number of hydrogen-bond acceptors (Lipinski definition) is 4. The highest BCUT2D eigenvalue weighted by Crippen LogP contribution is 2.23. The molecule has 0 aliphatic carbocycles. The smallest absolute Gasteiger partial charge is 0.224 e. The molecule has 3 rings (SSSR count). The minimum atomic E-state index is -0.353. The van der Waals surface area contributed by atoms with E-state index in [1.54, 1.807) is 18.2 Å². The van der Waals surface area contributed by atoms with Crippen LogP contribution in [0.4, 0.5) is 0 Å². The summed E-state index contributed by atoms with van der Waals surface area (Å²) >= 11 is 11.9. The van der Waals surface area contributed by atoms with Crippen LogP contribution in [0, 0.1) is 11.8 Å². The maximum Gasteiger partial charge on any atom is 0.224 e. The van der Waals surface area contributed by atoms with Gasteiger partial charge in [0.05, 0.1) is 34.2 Å². The summed E-state index contributed by atoms with van der Waals surface area (Å²) in [5.41, 5.74) is 7.86. The number of benzene rings is 2. The molecule has 1 aromatic heterocycles. The Hall–Kier alpha value is -2.70. The van der Waals surface area contributed by atoms with E-state index < -0.39 is 0 Å². The summed E-state index contributed by atoms with van der Waals surface area (Å²) in [6.45, 7) is 4.09. The van der Waals surface area contributed by atoms with Crippen LogP contribution in [0.25, 0.3) is 10.9 Å². The lowest BCUT2D eigenvalue weighted by Crippen LogP contribution is -2.30. The van der Waals surface area contributed by atoms with Crippen LogP contribution in [0.15, 0.2) is 42.5 Å². The van der Waals surface area contributed by atoms with E-state index in [0.29, 0.717) is 22.3 Å². The van der Waals surface area contributed by atoms with Crippen LogP contribution >= 0.6 is 23.2 Å². The van der Waals surface area contributed by atoms with Crippen molar-refractivity contribution in [3.05, 3.63) is 69.6 Å². The molecule has 0 aliphatic heterocycles. The molecule has 0 radical (unpaired) electrons. The Morgan fingerprint density at radius 3 is 2.48 bits per heavy atom. The number of hydrogen-bond donors (Lipinski definition) is 2. The second kappa shape index (κ2) is 10.1. The molecule has 0 fully saturated rings. The first-order valence-electron chi connectivity index (χ1n) is 9.99. The monoisotopic (exact) mass is 458 g/mol. The highest BCUT2D eigenvalue weighted by Gasteiger charge is 2.22. The van der Waals surface area contributed by atoms with Crippen molar-refractivity contribution in [2.75, 3.05) is 0 Å². The molecule has 6 nitrogen and oxygen atoms in total. The zero-order valence-electron chi connectivity index (χ0n) is 17.4. The van der Waals surface area contributed by atoms with Crippen LogP contribution in [0.3, 0.4) is 0 Å². The lowest BCUT2D eigenvalue weighted by molar-refractivity contribution is -0.123. The second-order valence-electron chi connectivity index (χ2n) is 7.76. The zero-order chi connectivity index (χ0) is 22.5. The number of halogens is 2. The molecule has 0 saturated heterocycles. The number of aromatic nitrogens is 2. The average Bonchev–Trinajstić information content (AvgIpc) is 2.72. The predicted molar refractivity (Wildman–Crippen MR) is 123 cm³/mol. The van der Waals surface area contributed by atoms with Gasteiger partial charge >= 0.3 is 0 Å². The van der Waals surface area contributed by atoms with Crippen molar-refractivity contribution in [1.29, 1.82) is 0 Å². The van der Waals surface area contributed by atoms with Gasteiger partial charge in [0.15, 0.2) is 0 Å². The first kappa shape index (κ1) is 23.0.